The van der Waals surface area contributed by atoms with Crippen molar-refractivity contribution >= 4 is 46.0 Å². The molecule has 1 N–H and O–H groups in total. The first-order chi connectivity index (χ1) is 19.8. The second-order valence-corrected chi connectivity index (χ2v) is 11.4. The minimum Gasteiger partial charge on any atom is -0.457 e. The molecule has 1 aliphatic heterocycles. The summed E-state index contributed by atoms with van der Waals surface area (Å²) < 4.78 is 7.99. The van der Waals surface area contributed by atoms with Crippen LogP contribution in [0.1, 0.15) is 29.2 Å². The summed E-state index contributed by atoms with van der Waals surface area (Å²) in [6.45, 7) is 3.56. The quantitative estimate of drug-likeness (QED) is 0.212. The second-order valence-electron chi connectivity index (χ2n) is 9.38. The highest BCUT2D eigenvalue weighted by molar-refractivity contribution is 7.10. The lowest BCUT2D eigenvalue weighted by molar-refractivity contribution is -0.384. The zero-order valence-corrected chi connectivity index (χ0v) is 23.5. The average Bonchev–Trinajstić information content (AvgIpc) is 3.70. The molecular weight excluding hydrogens is 560 g/mol. The Morgan fingerprint density at radius 3 is 2.61 bits per heavy atom. The first kappa shape index (κ1) is 26.4. The van der Waals surface area contributed by atoms with Crippen molar-refractivity contribution in [2.24, 2.45) is 4.99 Å². The molecule has 4 heterocycles. The summed E-state index contributed by atoms with van der Waals surface area (Å²) in [5.74, 6) is 0.663. The van der Waals surface area contributed by atoms with Crippen LogP contribution >= 0.6 is 22.7 Å². The minimum atomic E-state index is -0.632. The van der Waals surface area contributed by atoms with Gasteiger partial charge in [-0.3, -0.25) is 24.3 Å². The Bertz CT molecular complexity index is 2020. The summed E-state index contributed by atoms with van der Waals surface area (Å²) >= 11 is 2.69. The number of allylic oxidation sites excluding steroid dienone is 1. The van der Waals surface area contributed by atoms with E-state index in [1.165, 1.54) is 34.8 Å². The summed E-state index contributed by atoms with van der Waals surface area (Å²) in [6, 6.07) is 20.4. The first-order valence-corrected chi connectivity index (χ1v) is 14.3. The summed E-state index contributed by atoms with van der Waals surface area (Å²) in [5.41, 5.74) is 2.74. The number of benzene rings is 2. The number of thiazole rings is 1. The molecule has 204 valence electrons. The van der Waals surface area contributed by atoms with Crippen molar-refractivity contribution in [3.8, 4) is 11.3 Å². The third kappa shape index (κ3) is 4.96. The number of carbonyl (C=O) groups excluding carboxylic acids is 1. The molecule has 1 unspecified atom stereocenters. The fourth-order valence-electron chi connectivity index (χ4n) is 4.79. The molecule has 0 aliphatic carbocycles. The zero-order valence-electron chi connectivity index (χ0n) is 21.9. The van der Waals surface area contributed by atoms with Gasteiger partial charge in [-0.15, -0.1) is 11.3 Å². The minimum absolute atomic E-state index is 0.00606. The maximum Gasteiger partial charge on any atom is 0.271 e. The van der Waals surface area contributed by atoms with Gasteiger partial charge in [0.2, 0.25) is 0 Å². The molecule has 5 aromatic rings. The van der Waals surface area contributed by atoms with E-state index in [2.05, 4.69) is 10.3 Å². The molecule has 0 fully saturated rings. The lowest BCUT2D eigenvalue weighted by Crippen LogP contribution is -2.40. The van der Waals surface area contributed by atoms with E-state index < -0.39 is 11.0 Å². The van der Waals surface area contributed by atoms with E-state index >= 15 is 0 Å². The Hall–Kier alpha value is -4.87. The summed E-state index contributed by atoms with van der Waals surface area (Å²) in [5, 5.41) is 16.0. The van der Waals surface area contributed by atoms with Gasteiger partial charge in [-0.1, -0.05) is 35.6 Å². The SMILES string of the molecule is CC1=C(C(=O)Nc2ccccc2)C(c2cccs2)n2c(s/c(=C\c3ccc(-c4ccc([N+](=O)[O-])cc4C)o3)c2=O)=N1. The van der Waals surface area contributed by atoms with Gasteiger partial charge in [0.05, 0.1) is 20.7 Å². The smallest absolute Gasteiger partial charge is 0.271 e. The molecule has 1 amide bonds. The van der Waals surface area contributed by atoms with Crippen molar-refractivity contribution in [3.63, 3.8) is 0 Å². The third-order valence-corrected chi connectivity index (χ3v) is 8.60. The molecule has 0 saturated carbocycles. The van der Waals surface area contributed by atoms with E-state index in [0.717, 1.165) is 10.4 Å². The fourth-order valence-corrected chi connectivity index (χ4v) is 6.64. The fraction of sp³-hybridized carbons (Fsp3) is 0.100. The van der Waals surface area contributed by atoms with Gasteiger partial charge in [0, 0.05) is 34.3 Å². The Labute approximate surface area is 241 Å². The number of carbonyl (C=O) groups is 1. The third-order valence-electron chi connectivity index (χ3n) is 6.70. The van der Waals surface area contributed by atoms with Crippen LogP contribution in [0.25, 0.3) is 17.4 Å². The largest absolute Gasteiger partial charge is 0.457 e. The van der Waals surface area contributed by atoms with Crippen molar-refractivity contribution in [1.82, 2.24) is 4.57 Å². The molecular formula is C30H22N4O5S2. The number of nitro groups is 1. The molecule has 2 aromatic carbocycles. The number of nitrogens with zero attached hydrogens (tertiary/aromatic N) is 3. The van der Waals surface area contributed by atoms with E-state index in [0.29, 0.717) is 43.4 Å². The van der Waals surface area contributed by atoms with Crippen molar-refractivity contribution < 1.29 is 14.1 Å². The number of aryl methyl sites for hydroxylation is 1. The zero-order chi connectivity index (χ0) is 28.7. The number of nitro benzene ring substituents is 1. The number of hydrogen-bond acceptors (Lipinski definition) is 8. The Kier molecular flexibility index (Phi) is 6.82. The predicted octanol–water partition coefficient (Wildman–Crippen LogP) is 5.41. The highest BCUT2D eigenvalue weighted by atomic mass is 32.1. The number of amides is 1. The van der Waals surface area contributed by atoms with Crippen LogP contribution in [0, 0.1) is 17.0 Å². The molecule has 1 atom stereocenters. The van der Waals surface area contributed by atoms with Gasteiger partial charge in [-0.05, 0) is 61.2 Å². The standard InChI is InChI=1S/C30H22N4O5S2/c1-17-15-20(34(37)38)10-12-22(17)23-13-11-21(39-23)16-25-29(36)33-27(24-9-6-14-40-24)26(18(2)31-30(33)41-25)28(35)32-19-7-4-3-5-8-19/h3-16,27H,1-2H3,(H,32,35)/b25-16-. The molecule has 41 heavy (non-hydrogen) atoms. The highest BCUT2D eigenvalue weighted by Crippen LogP contribution is 2.33. The Morgan fingerprint density at radius 2 is 1.90 bits per heavy atom. The molecule has 0 radical (unpaired) electrons. The highest BCUT2D eigenvalue weighted by Gasteiger charge is 2.33. The van der Waals surface area contributed by atoms with Crippen LogP contribution in [0.4, 0.5) is 11.4 Å². The second kappa shape index (κ2) is 10.6. The molecule has 1 aliphatic rings. The van der Waals surface area contributed by atoms with E-state index in [-0.39, 0.29) is 17.2 Å². The molecule has 6 rings (SSSR count). The average molecular weight is 583 g/mol. The van der Waals surface area contributed by atoms with E-state index in [1.54, 1.807) is 54.8 Å². The predicted molar refractivity (Wildman–Crippen MR) is 159 cm³/mol. The number of hydrogen-bond donors (Lipinski definition) is 1. The summed E-state index contributed by atoms with van der Waals surface area (Å²) in [7, 11) is 0. The molecule has 0 spiro atoms. The summed E-state index contributed by atoms with van der Waals surface area (Å²) in [4.78, 5) is 44.0. The molecule has 0 bridgehead atoms. The first-order valence-electron chi connectivity index (χ1n) is 12.6. The van der Waals surface area contributed by atoms with Crippen molar-refractivity contribution in [2.45, 2.75) is 19.9 Å². The number of nitrogens with one attached hydrogen (secondary N) is 1. The number of anilines is 1. The lowest BCUT2D eigenvalue weighted by Gasteiger charge is -2.24. The van der Waals surface area contributed by atoms with Gasteiger partial charge in [-0.2, -0.15) is 0 Å². The monoisotopic (exact) mass is 582 g/mol. The summed E-state index contributed by atoms with van der Waals surface area (Å²) in [6.07, 6.45) is 1.66. The number of para-hydroxylation sites is 1. The van der Waals surface area contributed by atoms with Gasteiger partial charge in [-0.25, -0.2) is 4.99 Å². The van der Waals surface area contributed by atoms with E-state index in [1.807, 2.05) is 35.7 Å². The van der Waals surface area contributed by atoms with E-state index in [4.69, 9.17) is 4.42 Å². The molecule has 3 aromatic heterocycles. The number of rotatable bonds is 6. The van der Waals surface area contributed by atoms with Gasteiger partial charge in [0.1, 0.15) is 17.6 Å². The number of furan rings is 1. The van der Waals surface area contributed by atoms with Gasteiger partial charge >= 0.3 is 0 Å². The van der Waals surface area contributed by atoms with Gasteiger partial charge in [0.15, 0.2) is 4.80 Å². The van der Waals surface area contributed by atoms with Gasteiger partial charge in [0.25, 0.3) is 17.2 Å². The van der Waals surface area contributed by atoms with Crippen LogP contribution in [0.15, 0.2) is 104 Å². The Morgan fingerprint density at radius 1 is 1.10 bits per heavy atom. The normalized spacial score (nSPS) is 15.0. The lowest BCUT2D eigenvalue weighted by atomic mass is 10.0. The number of aromatic nitrogens is 1. The topological polar surface area (TPSA) is 120 Å². The van der Waals surface area contributed by atoms with Crippen LogP contribution in [-0.2, 0) is 4.79 Å². The molecule has 9 nitrogen and oxygen atoms in total. The van der Waals surface area contributed by atoms with Gasteiger partial charge < -0.3 is 9.73 Å². The van der Waals surface area contributed by atoms with Crippen molar-refractivity contribution in [2.75, 3.05) is 5.32 Å². The molecule has 11 heteroatoms. The Balaban J connectivity index is 1.40. The molecule has 0 saturated heterocycles. The maximum absolute atomic E-state index is 13.8. The van der Waals surface area contributed by atoms with Crippen LogP contribution in [0.3, 0.4) is 0 Å². The number of fused-ring (bicyclic) bond motifs is 1. The van der Waals surface area contributed by atoms with Crippen molar-refractivity contribution in [3.05, 3.63) is 135 Å². The van der Waals surface area contributed by atoms with Crippen LogP contribution in [0.5, 0.6) is 0 Å². The number of non-ortho nitro benzene ring substituents is 1. The number of thiophene rings is 1. The van der Waals surface area contributed by atoms with Crippen molar-refractivity contribution in [1.29, 1.82) is 0 Å². The van der Waals surface area contributed by atoms with Crippen LogP contribution in [-0.4, -0.2) is 15.4 Å². The van der Waals surface area contributed by atoms with E-state index in [9.17, 15) is 19.7 Å². The van der Waals surface area contributed by atoms with Crippen LogP contribution in [0.2, 0.25) is 0 Å². The van der Waals surface area contributed by atoms with Crippen LogP contribution < -0.4 is 20.2 Å². The maximum atomic E-state index is 13.8.